The number of benzene rings is 1. The highest BCUT2D eigenvalue weighted by atomic mass is 35.5. The van der Waals surface area contributed by atoms with E-state index < -0.39 is 5.60 Å². The van der Waals surface area contributed by atoms with E-state index in [1.807, 2.05) is 18.2 Å². The first-order chi connectivity index (χ1) is 10.6. The second kappa shape index (κ2) is 7.29. The van der Waals surface area contributed by atoms with Crippen molar-refractivity contribution < 1.29 is 14.3 Å². The van der Waals surface area contributed by atoms with E-state index in [0.717, 1.165) is 30.8 Å². The molecule has 2 aliphatic heterocycles. The summed E-state index contributed by atoms with van der Waals surface area (Å²) in [6.45, 7) is 1.53. The molecule has 1 saturated heterocycles. The molecule has 2 aliphatic rings. The van der Waals surface area contributed by atoms with Crippen molar-refractivity contribution in [2.75, 3.05) is 30.8 Å². The van der Waals surface area contributed by atoms with Crippen molar-refractivity contribution in [2.24, 2.45) is 0 Å². The Bertz CT molecular complexity index is 600. The molecule has 2 heterocycles. The molecule has 1 aromatic carbocycles. The summed E-state index contributed by atoms with van der Waals surface area (Å²) in [5, 5.41) is 9.00. The van der Waals surface area contributed by atoms with Gasteiger partial charge in [0.1, 0.15) is 5.60 Å². The number of rotatable bonds is 3. The van der Waals surface area contributed by atoms with E-state index in [9.17, 15) is 9.59 Å². The number of ether oxygens (including phenoxy) is 1. The molecule has 7 heteroatoms. The van der Waals surface area contributed by atoms with Crippen LogP contribution in [0.1, 0.15) is 24.8 Å². The van der Waals surface area contributed by atoms with Gasteiger partial charge in [-0.2, -0.15) is 0 Å². The zero-order valence-corrected chi connectivity index (χ0v) is 13.9. The van der Waals surface area contributed by atoms with Gasteiger partial charge in [-0.15, -0.1) is 12.4 Å². The molecule has 0 atom stereocenters. The first-order valence-corrected chi connectivity index (χ1v) is 7.63. The van der Waals surface area contributed by atoms with Crippen LogP contribution in [0, 0.1) is 0 Å². The minimum absolute atomic E-state index is 0. The highest BCUT2D eigenvalue weighted by molar-refractivity contribution is 5.99. The van der Waals surface area contributed by atoms with E-state index >= 15 is 0 Å². The van der Waals surface area contributed by atoms with Crippen molar-refractivity contribution in [1.82, 2.24) is 5.32 Å². The summed E-state index contributed by atoms with van der Waals surface area (Å²) >= 11 is 0. The standard InChI is InChI=1S/C16H21N3O3.ClH/c1-22-16(6-8-17-9-7-16)15(21)18-12-4-2-11-3-5-14(20)19-13(11)10-12;/h2,4,10,17H,3,5-9H2,1H3,(H,18,21)(H,19,20);1H. The number of hydrogen-bond acceptors (Lipinski definition) is 4. The van der Waals surface area contributed by atoms with E-state index in [0.29, 0.717) is 24.9 Å². The normalized spacial score (nSPS) is 19.1. The maximum Gasteiger partial charge on any atom is 0.256 e. The van der Waals surface area contributed by atoms with Crippen LogP contribution in [0.4, 0.5) is 11.4 Å². The van der Waals surface area contributed by atoms with Crippen LogP contribution >= 0.6 is 12.4 Å². The predicted molar refractivity (Wildman–Crippen MR) is 91.1 cm³/mol. The first kappa shape index (κ1) is 17.7. The van der Waals surface area contributed by atoms with Crippen LogP contribution in [0.25, 0.3) is 0 Å². The molecule has 0 aliphatic carbocycles. The summed E-state index contributed by atoms with van der Waals surface area (Å²) in [6.07, 6.45) is 2.55. The van der Waals surface area contributed by atoms with Crippen molar-refractivity contribution in [3.8, 4) is 0 Å². The molecule has 23 heavy (non-hydrogen) atoms. The Labute approximate surface area is 141 Å². The van der Waals surface area contributed by atoms with E-state index in [4.69, 9.17) is 4.74 Å². The SMILES string of the molecule is COC1(C(=O)Nc2ccc3c(c2)NC(=O)CC3)CCNCC1.Cl. The highest BCUT2D eigenvalue weighted by Crippen LogP contribution is 2.28. The molecule has 0 spiro atoms. The fourth-order valence-corrected chi connectivity index (χ4v) is 3.05. The highest BCUT2D eigenvalue weighted by Gasteiger charge is 2.39. The molecular formula is C16H22ClN3O3. The molecule has 3 N–H and O–H groups in total. The van der Waals surface area contributed by atoms with Gasteiger partial charge >= 0.3 is 0 Å². The lowest BCUT2D eigenvalue weighted by Crippen LogP contribution is -2.51. The van der Waals surface area contributed by atoms with Gasteiger partial charge in [-0.3, -0.25) is 9.59 Å². The van der Waals surface area contributed by atoms with Crippen molar-refractivity contribution in [3.05, 3.63) is 23.8 Å². The smallest absolute Gasteiger partial charge is 0.256 e. The molecule has 1 fully saturated rings. The lowest BCUT2D eigenvalue weighted by Gasteiger charge is -2.34. The number of hydrogen-bond donors (Lipinski definition) is 3. The zero-order chi connectivity index (χ0) is 15.6. The molecule has 0 aromatic heterocycles. The summed E-state index contributed by atoms with van der Waals surface area (Å²) in [4.78, 5) is 24.1. The van der Waals surface area contributed by atoms with Gasteiger partial charge in [0.25, 0.3) is 5.91 Å². The van der Waals surface area contributed by atoms with Crippen LogP contribution in [-0.4, -0.2) is 37.6 Å². The van der Waals surface area contributed by atoms with E-state index in [-0.39, 0.29) is 24.2 Å². The number of fused-ring (bicyclic) bond motifs is 1. The van der Waals surface area contributed by atoms with Gasteiger partial charge < -0.3 is 20.7 Å². The van der Waals surface area contributed by atoms with Crippen LogP contribution in [0.2, 0.25) is 0 Å². The van der Waals surface area contributed by atoms with Crippen LogP contribution in [0.3, 0.4) is 0 Å². The zero-order valence-electron chi connectivity index (χ0n) is 13.1. The number of methoxy groups -OCH3 is 1. The Morgan fingerprint density at radius 1 is 1.26 bits per heavy atom. The largest absolute Gasteiger partial charge is 0.368 e. The minimum atomic E-state index is -0.773. The number of carbonyl (C=O) groups is 2. The van der Waals surface area contributed by atoms with Crippen LogP contribution in [0.15, 0.2) is 18.2 Å². The molecular weight excluding hydrogens is 318 g/mol. The van der Waals surface area contributed by atoms with Crippen molar-refractivity contribution >= 4 is 35.6 Å². The number of halogens is 1. The van der Waals surface area contributed by atoms with E-state index in [2.05, 4.69) is 16.0 Å². The quantitative estimate of drug-likeness (QED) is 0.783. The molecule has 0 saturated carbocycles. The monoisotopic (exact) mass is 339 g/mol. The van der Waals surface area contributed by atoms with Crippen molar-refractivity contribution in [3.63, 3.8) is 0 Å². The number of anilines is 2. The average Bonchev–Trinajstić information content (AvgIpc) is 2.55. The molecule has 126 valence electrons. The van der Waals surface area contributed by atoms with Gasteiger partial charge in [0, 0.05) is 24.9 Å². The fraction of sp³-hybridized carbons (Fsp3) is 0.500. The predicted octanol–water partition coefficient (Wildman–Crippen LogP) is 1.70. The molecule has 6 nitrogen and oxygen atoms in total. The first-order valence-electron chi connectivity index (χ1n) is 7.63. The number of aryl methyl sites for hydroxylation is 1. The lowest BCUT2D eigenvalue weighted by atomic mass is 9.91. The van der Waals surface area contributed by atoms with Gasteiger partial charge in [-0.05, 0) is 50.0 Å². The molecule has 0 radical (unpaired) electrons. The molecule has 0 unspecified atom stereocenters. The van der Waals surface area contributed by atoms with Crippen LogP contribution < -0.4 is 16.0 Å². The van der Waals surface area contributed by atoms with Gasteiger partial charge in [0.05, 0.1) is 0 Å². The third kappa shape index (κ3) is 3.65. The van der Waals surface area contributed by atoms with E-state index in [1.165, 1.54) is 0 Å². The van der Waals surface area contributed by atoms with Gasteiger partial charge in [-0.1, -0.05) is 6.07 Å². The molecule has 2 amide bonds. The summed E-state index contributed by atoms with van der Waals surface area (Å²) in [7, 11) is 1.58. The summed E-state index contributed by atoms with van der Waals surface area (Å²) in [5.74, 6) is -0.110. The van der Waals surface area contributed by atoms with Crippen LogP contribution in [0.5, 0.6) is 0 Å². The second-order valence-corrected chi connectivity index (χ2v) is 5.82. The van der Waals surface area contributed by atoms with E-state index in [1.54, 1.807) is 7.11 Å². The maximum atomic E-state index is 12.6. The number of nitrogens with one attached hydrogen (secondary N) is 3. The summed E-state index contributed by atoms with van der Waals surface area (Å²) in [5.41, 5.74) is 1.79. The van der Waals surface area contributed by atoms with Crippen molar-refractivity contribution in [2.45, 2.75) is 31.3 Å². The second-order valence-electron chi connectivity index (χ2n) is 5.82. The molecule has 3 rings (SSSR count). The Balaban J connectivity index is 0.00000192. The fourth-order valence-electron chi connectivity index (χ4n) is 3.05. The topological polar surface area (TPSA) is 79.5 Å². The Morgan fingerprint density at radius 2 is 2.00 bits per heavy atom. The Morgan fingerprint density at radius 3 is 2.70 bits per heavy atom. The summed E-state index contributed by atoms with van der Waals surface area (Å²) < 4.78 is 5.52. The average molecular weight is 340 g/mol. The van der Waals surface area contributed by atoms with Crippen molar-refractivity contribution in [1.29, 1.82) is 0 Å². The Kier molecular flexibility index (Phi) is 5.62. The van der Waals surface area contributed by atoms with Gasteiger partial charge in [0.2, 0.25) is 5.91 Å². The summed E-state index contributed by atoms with van der Waals surface area (Å²) in [6, 6.07) is 5.64. The lowest BCUT2D eigenvalue weighted by molar-refractivity contribution is -0.140. The number of piperidine rings is 1. The minimum Gasteiger partial charge on any atom is -0.368 e. The molecule has 1 aromatic rings. The third-order valence-electron chi connectivity index (χ3n) is 4.48. The third-order valence-corrected chi connectivity index (χ3v) is 4.48. The van der Waals surface area contributed by atoms with Gasteiger partial charge in [0.15, 0.2) is 0 Å². The number of amides is 2. The van der Waals surface area contributed by atoms with Gasteiger partial charge in [-0.25, -0.2) is 0 Å². The number of carbonyl (C=O) groups excluding carboxylic acids is 2. The van der Waals surface area contributed by atoms with Crippen LogP contribution in [-0.2, 0) is 20.7 Å². The Hall–Kier alpha value is -1.63. The molecule has 0 bridgehead atoms. The maximum absolute atomic E-state index is 12.6.